The van der Waals surface area contributed by atoms with Crippen molar-refractivity contribution in [3.63, 3.8) is 0 Å². The number of hydrogen-bond acceptors (Lipinski definition) is 6. The molecular formula is C24H26N2O6S. The predicted octanol–water partition coefficient (Wildman–Crippen LogP) is 4.45. The van der Waals surface area contributed by atoms with E-state index in [1.165, 1.54) is 43.5 Å². The zero-order valence-corrected chi connectivity index (χ0v) is 19.5. The second kappa shape index (κ2) is 10.4. The number of nitrogens with one attached hydrogen (secondary N) is 1. The smallest absolute Gasteiger partial charge is 0.339 e. The molecule has 8 nitrogen and oxygen atoms in total. The van der Waals surface area contributed by atoms with Crippen LogP contribution in [0.2, 0.25) is 0 Å². The summed E-state index contributed by atoms with van der Waals surface area (Å²) in [6.45, 7) is 5.55. The highest BCUT2D eigenvalue weighted by molar-refractivity contribution is 7.87. The van der Waals surface area contributed by atoms with Crippen molar-refractivity contribution < 1.29 is 26.6 Å². The Bertz CT molecular complexity index is 1200. The minimum Gasteiger partial charge on any atom is -0.459 e. The van der Waals surface area contributed by atoms with Crippen molar-refractivity contribution >= 4 is 27.6 Å². The summed E-state index contributed by atoms with van der Waals surface area (Å²) in [5, 5.41) is 2.58. The van der Waals surface area contributed by atoms with Crippen molar-refractivity contribution in [3.05, 3.63) is 78.3 Å². The van der Waals surface area contributed by atoms with E-state index in [1.807, 2.05) is 13.8 Å². The van der Waals surface area contributed by atoms with Crippen molar-refractivity contribution in [1.29, 1.82) is 0 Å². The van der Waals surface area contributed by atoms with Crippen molar-refractivity contribution in [1.82, 2.24) is 4.90 Å². The first-order chi connectivity index (χ1) is 15.7. The van der Waals surface area contributed by atoms with E-state index in [0.29, 0.717) is 11.3 Å². The topological polar surface area (TPSA) is 106 Å². The van der Waals surface area contributed by atoms with E-state index in [-0.39, 0.29) is 40.8 Å². The molecule has 0 saturated heterocycles. The van der Waals surface area contributed by atoms with Crippen LogP contribution in [0.15, 0.2) is 76.2 Å². The summed E-state index contributed by atoms with van der Waals surface area (Å²) >= 11 is 0. The molecule has 0 saturated carbocycles. The molecular weight excluding hydrogens is 444 g/mol. The molecule has 174 valence electrons. The van der Waals surface area contributed by atoms with Crippen LogP contribution in [-0.4, -0.2) is 31.2 Å². The van der Waals surface area contributed by atoms with Crippen molar-refractivity contribution in [2.75, 3.05) is 5.32 Å². The summed E-state index contributed by atoms with van der Waals surface area (Å²) in [4.78, 5) is 25.6. The number of hydrogen-bond donors (Lipinski definition) is 1. The van der Waals surface area contributed by atoms with Gasteiger partial charge in [0, 0.05) is 25.2 Å². The van der Waals surface area contributed by atoms with Gasteiger partial charge in [-0.05, 0) is 67.4 Å². The van der Waals surface area contributed by atoms with Crippen molar-refractivity contribution in [2.45, 2.75) is 44.7 Å². The lowest BCUT2D eigenvalue weighted by Gasteiger charge is -2.28. The summed E-state index contributed by atoms with van der Waals surface area (Å²) in [7, 11) is -4.08. The summed E-state index contributed by atoms with van der Waals surface area (Å²) in [5.74, 6) is -0.121. The number of amides is 2. The summed E-state index contributed by atoms with van der Waals surface area (Å²) in [6, 6.07) is 15.5. The Morgan fingerprint density at radius 1 is 1.09 bits per heavy atom. The Kier molecular flexibility index (Phi) is 7.55. The summed E-state index contributed by atoms with van der Waals surface area (Å²) < 4.78 is 36.0. The molecule has 1 heterocycles. The first-order valence-corrected chi connectivity index (χ1v) is 11.9. The zero-order chi connectivity index (χ0) is 24.0. The average Bonchev–Trinajstić information content (AvgIpc) is 3.31. The Hall–Kier alpha value is -3.59. The summed E-state index contributed by atoms with van der Waals surface area (Å²) in [6.07, 6.45) is 2.19. The first kappa shape index (κ1) is 24.1. The van der Waals surface area contributed by atoms with Gasteiger partial charge in [0.2, 0.25) is 5.91 Å². The number of anilines is 1. The molecule has 33 heavy (non-hydrogen) atoms. The highest BCUT2D eigenvalue weighted by Gasteiger charge is 2.23. The number of furan rings is 1. The minimum absolute atomic E-state index is 0.0452. The lowest BCUT2D eigenvalue weighted by atomic mass is 10.1. The number of carbonyl (C=O) groups excluding carboxylic acids is 2. The lowest BCUT2D eigenvalue weighted by molar-refractivity contribution is -0.114. The molecule has 0 aliphatic rings. The first-order valence-electron chi connectivity index (χ1n) is 10.4. The molecule has 1 atom stereocenters. The molecule has 3 aromatic rings. The third kappa shape index (κ3) is 6.23. The molecule has 0 bridgehead atoms. The maximum atomic E-state index is 12.9. The molecule has 1 aromatic heterocycles. The SMILES string of the molecule is CC[C@@H](C)N(Cc1cccc(OS(=O)(=O)c2ccc(NC(C)=O)cc2)c1)C(=O)c1ccco1. The van der Waals surface area contributed by atoms with Crippen LogP contribution in [-0.2, 0) is 21.5 Å². The van der Waals surface area contributed by atoms with E-state index in [0.717, 1.165) is 6.42 Å². The molecule has 1 N–H and O–H groups in total. The van der Waals surface area contributed by atoms with Gasteiger partial charge in [-0.15, -0.1) is 0 Å². The minimum atomic E-state index is -4.08. The Labute approximate surface area is 193 Å². The van der Waals surface area contributed by atoms with Crippen LogP contribution < -0.4 is 9.50 Å². The summed E-state index contributed by atoms with van der Waals surface area (Å²) in [5.41, 5.74) is 1.19. The highest BCUT2D eigenvalue weighted by Crippen LogP contribution is 2.23. The standard InChI is InChI=1S/C24H26N2O6S/c1-4-17(2)26(24(28)23-9-6-14-31-23)16-19-7-5-8-21(15-19)32-33(29,30)22-12-10-20(11-13-22)25-18(3)27/h5-15,17H,4,16H2,1-3H3,(H,25,27)/t17-/m1/s1. The van der Waals surface area contributed by atoms with E-state index in [2.05, 4.69) is 5.32 Å². The van der Waals surface area contributed by atoms with Crippen LogP contribution >= 0.6 is 0 Å². The average molecular weight is 471 g/mol. The van der Waals surface area contributed by atoms with Gasteiger partial charge in [-0.3, -0.25) is 9.59 Å². The van der Waals surface area contributed by atoms with Crippen LogP contribution in [0.4, 0.5) is 5.69 Å². The van der Waals surface area contributed by atoms with E-state index in [1.54, 1.807) is 35.2 Å². The van der Waals surface area contributed by atoms with Gasteiger partial charge in [-0.25, -0.2) is 0 Å². The zero-order valence-electron chi connectivity index (χ0n) is 18.6. The third-order valence-electron chi connectivity index (χ3n) is 5.04. The highest BCUT2D eigenvalue weighted by atomic mass is 32.2. The Morgan fingerprint density at radius 3 is 2.42 bits per heavy atom. The molecule has 0 aliphatic carbocycles. The van der Waals surface area contributed by atoms with E-state index in [4.69, 9.17) is 8.60 Å². The van der Waals surface area contributed by atoms with Gasteiger partial charge in [0.05, 0.1) is 6.26 Å². The quantitative estimate of drug-likeness (QED) is 0.463. The largest absolute Gasteiger partial charge is 0.459 e. The van der Waals surface area contributed by atoms with Crippen LogP contribution in [0.5, 0.6) is 5.75 Å². The fraction of sp³-hybridized carbons (Fsp3) is 0.250. The fourth-order valence-corrected chi connectivity index (χ4v) is 4.09. The van der Waals surface area contributed by atoms with Gasteiger partial charge in [-0.2, -0.15) is 8.42 Å². The molecule has 0 unspecified atom stereocenters. The van der Waals surface area contributed by atoms with Crippen LogP contribution in [0.3, 0.4) is 0 Å². The van der Waals surface area contributed by atoms with Crippen molar-refractivity contribution in [2.24, 2.45) is 0 Å². The lowest BCUT2D eigenvalue weighted by Crippen LogP contribution is -2.37. The van der Waals surface area contributed by atoms with Gasteiger partial charge in [0.1, 0.15) is 10.6 Å². The van der Waals surface area contributed by atoms with Crippen molar-refractivity contribution in [3.8, 4) is 5.75 Å². The maximum absolute atomic E-state index is 12.9. The molecule has 2 amide bonds. The number of nitrogens with zero attached hydrogens (tertiary/aromatic N) is 1. The molecule has 0 fully saturated rings. The molecule has 2 aromatic carbocycles. The number of rotatable bonds is 9. The van der Waals surface area contributed by atoms with Gasteiger partial charge in [-0.1, -0.05) is 19.1 Å². The monoisotopic (exact) mass is 470 g/mol. The van der Waals surface area contributed by atoms with E-state index < -0.39 is 10.1 Å². The van der Waals surface area contributed by atoms with Gasteiger partial charge < -0.3 is 18.8 Å². The second-order valence-electron chi connectivity index (χ2n) is 7.56. The Balaban J connectivity index is 1.78. The number of benzene rings is 2. The van der Waals surface area contributed by atoms with Crippen LogP contribution in [0.25, 0.3) is 0 Å². The van der Waals surface area contributed by atoms with E-state index in [9.17, 15) is 18.0 Å². The van der Waals surface area contributed by atoms with Crippen LogP contribution in [0.1, 0.15) is 43.3 Å². The molecule has 9 heteroatoms. The Morgan fingerprint density at radius 2 is 1.82 bits per heavy atom. The van der Waals surface area contributed by atoms with Crippen LogP contribution in [0, 0.1) is 0 Å². The molecule has 0 aliphatic heterocycles. The van der Waals surface area contributed by atoms with Gasteiger partial charge in [0.25, 0.3) is 5.91 Å². The van der Waals surface area contributed by atoms with Gasteiger partial charge >= 0.3 is 10.1 Å². The predicted molar refractivity (Wildman–Crippen MR) is 123 cm³/mol. The normalized spacial score (nSPS) is 12.1. The molecule has 0 radical (unpaired) electrons. The van der Waals surface area contributed by atoms with Gasteiger partial charge in [0.15, 0.2) is 5.76 Å². The molecule has 0 spiro atoms. The van der Waals surface area contributed by atoms with E-state index >= 15 is 0 Å². The fourth-order valence-electron chi connectivity index (χ4n) is 3.17. The maximum Gasteiger partial charge on any atom is 0.339 e. The number of carbonyl (C=O) groups is 2. The molecule has 3 rings (SSSR count). The third-order valence-corrected chi connectivity index (χ3v) is 6.30. The second-order valence-corrected chi connectivity index (χ2v) is 9.10.